The van der Waals surface area contributed by atoms with Gasteiger partial charge in [0, 0.05) is 17.7 Å². The van der Waals surface area contributed by atoms with Crippen molar-refractivity contribution in [2.24, 2.45) is 4.99 Å². The molecule has 0 radical (unpaired) electrons. The minimum absolute atomic E-state index is 0.00909. The van der Waals surface area contributed by atoms with E-state index in [9.17, 15) is 19.7 Å². The standard InChI is InChI=1S/C31H27N3O6S/c1-4-39-30(36)27-20(3)32-31-33(28(27)22-13-9-19(2)10-14-22)29(35)26(41-31)17-23-7-5-6-8-25(23)40-18-21-11-15-24(16-12-21)34(37)38/h5-17,28H,4,18H2,1-3H3/b26-17+/t28-/m0/s1. The summed E-state index contributed by atoms with van der Waals surface area (Å²) in [7, 11) is 0. The topological polar surface area (TPSA) is 113 Å². The van der Waals surface area contributed by atoms with Gasteiger partial charge in [-0.25, -0.2) is 9.79 Å². The minimum atomic E-state index is -0.679. The summed E-state index contributed by atoms with van der Waals surface area (Å²) in [5, 5.41) is 10.9. The molecule has 4 aromatic rings. The number of hydrogen-bond acceptors (Lipinski definition) is 8. The summed E-state index contributed by atoms with van der Waals surface area (Å²) < 4.78 is 13.4. The van der Waals surface area contributed by atoms with Gasteiger partial charge in [0.25, 0.3) is 11.2 Å². The van der Waals surface area contributed by atoms with Crippen molar-refractivity contribution in [3.05, 3.63) is 136 Å². The van der Waals surface area contributed by atoms with Crippen molar-refractivity contribution in [2.45, 2.75) is 33.4 Å². The van der Waals surface area contributed by atoms with E-state index in [1.807, 2.05) is 49.4 Å². The van der Waals surface area contributed by atoms with Gasteiger partial charge >= 0.3 is 5.97 Å². The SMILES string of the molecule is CCOC(=O)C1=C(C)N=c2s/c(=C/c3ccccc3OCc3ccc([N+](=O)[O-])cc3)c(=O)n2[C@H]1c1ccc(C)cc1. The number of benzene rings is 3. The van der Waals surface area contributed by atoms with Gasteiger partial charge in [-0.15, -0.1) is 0 Å². The number of esters is 1. The molecule has 0 saturated heterocycles. The van der Waals surface area contributed by atoms with E-state index in [0.717, 1.165) is 16.7 Å². The number of rotatable bonds is 8. The van der Waals surface area contributed by atoms with Crippen LogP contribution in [0.3, 0.4) is 0 Å². The van der Waals surface area contributed by atoms with E-state index in [1.54, 1.807) is 42.7 Å². The monoisotopic (exact) mass is 569 g/mol. The summed E-state index contributed by atoms with van der Waals surface area (Å²) in [6, 6.07) is 20.5. The van der Waals surface area contributed by atoms with Gasteiger partial charge in [-0.3, -0.25) is 19.5 Å². The zero-order chi connectivity index (χ0) is 29.1. The van der Waals surface area contributed by atoms with Crippen LogP contribution in [0, 0.1) is 17.0 Å². The van der Waals surface area contributed by atoms with Crippen LogP contribution in [0.5, 0.6) is 5.75 Å². The Balaban J connectivity index is 1.55. The van der Waals surface area contributed by atoms with Gasteiger partial charge in [-0.05, 0) is 56.2 Å². The first kappa shape index (κ1) is 27.7. The number of fused-ring (bicyclic) bond motifs is 1. The number of allylic oxidation sites excluding steroid dienone is 1. The average Bonchev–Trinajstić information content (AvgIpc) is 3.26. The predicted octanol–water partition coefficient (Wildman–Crippen LogP) is 4.59. The normalized spacial score (nSPS) is 14.8. The molecule has 0 saturated carbocycles. The van der Waals surface area contributed by atoms with Crippen molar-refractivity contribution in [2.75, 3.05) is 6.61 Å². The Morgan fingerprint density at radius 2 is 1.78 bits per heavy atom. The number of carbonyl (C=O) groups excluding carboxylic acids is 1. The number of carbonyl (C=O) groups is 1. The number of ether oxygens (including phenoxy) is 2. The summed E-state index contributed by atoms with van der Waals surface area (Å²) >= 11 is 1.24. The summed E-state index contributed by atoms with van der Waals surface area (Å²) in [6.45, 7) is 5.87. The van der Waals surface area contributed by atoms with E-state index in [1.165, 1.54) is 23.5 Å². The Morgan fingerprint density at radius 3 is 2.46 bits per heavy atom. The third kappa shape index (κ3) is 5.73. The fourth-order valence-electron chi connectivity index (χ4n) is 4.60. The van der Waals surface area contributed by atoms with Crippen molar-refractivity contribution < 1.29 is 19.2 Å². The molecule has 3 aromatic carbocycles. The van der Waals surface area contributed by atoms with E-state index >= 15 is 0 Å². The van der Waals surface area contributed by atoms with Crippen LogP contribution in [0.2, 0.25) is 0 Å². The second kappa shape index (κ2) is 11.7. The summed E-state index contributed by atoms with van der Waals surface area (Å²) in [5.41, 5.74) is 3.87. The summed E-state index contributed by atoms with van der Waals surface area (Å²) in [4.78, 5) is 42.5. The molecule has 1 aliphatic rings. The molecule has 10 heteroatoms. The van der Waals surface area contributed by atoms with Gasteiger partial charge in [-0.1, -0.05) is 59.4 Å². The first-order valence-corrected chi connectivity index (χ1v) is 13.8. The zero-order valence-electron chi connectivity index (χ0n) is 22.7. The maximum absolute atomic E-state index is 13.9. The van der Waals surface area contributed by atoms with Gasteiger partial charge in [0.2, 0.25) is 0 Å². The molecule has 2 heterocycles. The maximum atomic E-state index is 13.9. The number of hydrogen-bond donors (Lipinski definition) is 0. The van der Waals surface area contributed by atoms with Crippen LogP contribution in [-0.2, 0) is 16.1 Å². The minimum Gasteiger partial charge on any atom is -0.488 e. The predicted molar refractivity (Wildman–Crippen MR) is 155 cm³/mol. The highest BCUT2D eigenvalue weighted by Gasteiger charge is 2.33. The molecule has 5 rings (SSSR count). The third-order valence-corrected chi connectivity index (χ3v) is 7.64. The Kier molecular flexibility index (Phi) is 7.93. The van der Waals surface area contributed by atoms with Gasteiger partial charge < -0.3 is 9.47 Å². The second-order valence-electron chi connectivity index (χ2n) is 9.46. The molecule has 0 N–H and O–H groups in total. The lowest BCUT2D eigenvalue weighted by atomic mass is 9.95. The van der Waals surface area contributed by atoms with Crippen LogP contribution in [-0.4, -0.2) is 22.1 Å². The van der Waals surface area contributed by atoms with Gasteiger partial charge in [0.05, 0.1) is 33.4 Å². The molecule has 1 aliphatic heterocycles. The third-order valence-electron chi connectivity index (χ3n) is 6.66. The van der Waals surface area contributed by atoms with E-state index in [4.69, 9.17) is 9.47 Å². The molecule has 9 nitrogen and oxygen atoms in total. The average molecular weight is 570 g/mol. The zero-order valence-corrected chi connectivity index (χ0v) is 23.5. The molecule has 1 aromatic heterocycles. The molecule has 0 unspecified atom stereocenters. The summed E-state index contributed by atoms with van der Waals surface area (Å²) in [6.07, 6.45) is 1.75. The molecule has 0 aliphatic carbocycles. The van der Waals surface area contributed by atoms with Crippen LogP contribution in [0.15, 0.2) is 93.9 Å². The Hall–Kier alpha value is -4.83. The Labute approximate surface area is 239 Å². The van der Waals surface area contributed by atoms with Crippen LogP contribution in [0.4, 0.5) is 5.69 Å². The second-order valence-corrected chi connectivity index (χ2v) is 10.5. The van der Waals surface area contributed by atoms with Crippen LogP contribution in [0.25, 0.3) is 6.08 Å². The lowest BCUT2D eigenvalue weighted by Crippen LogP contribution is -2.39. The molecule has 208 valence electrons. The highest BCUT2D eigenvalue weighted by Crippen LogP contribution is 2.31. The molecule has 0 amide bonds. The Morgan fingerprint density at radius 1 is 1.07 bits per heavy atom. The van der Waals surface area contributed by atoms with E-state index in [2.05, 4.69) is 4.99 Å². The molecule has 0 fully saturated rings. The number of nitro benzene ring substituents is 1. The molecule has 1 atom stereocenters. The summed E-state index contributed by atoms with van der Waals surface area (Å²) in [5.74, 6) is 0.0498. The molecule has 41 heavy (non-hydrogen) atoms. The quantitative estimate of drug-likeness (QED) is 0.174. The van der Waals surface area contributed by atoms with Crippen molar-refractivity contribution in [3.8, 4) is 5.75 Å². The van der Waals surface area contributed by atoms with Crippen LogP contribution in [0.1, 0.15) is 42.1 Å². The number of non-ortho nitro benzene ring substituents is 1. The molecular weight excluding hydrogens is 542 g/mol. The van der Waals surface area contributed by atoms with Gasteiger partial charge in [0.1, 0.15) is 12.4 Å². The largest absolute Gasteiger partial charge is 0.488 e. The van der Waals surface area contributed by atoms with E-state index in [0.29, 0.717) is 31.9 Å². The van der Waals surface area contributed by atoms with Crippen molar-refractivity contribution in [1.29, 1.82) is 0 Å². The number of aryl methyl sites for hydroxylation is 1. The number of thiazole rings is 1. The first-order valence-electron chi connectivity index (χ1n) is 13.0. The smallest absolute Gasteiger partial charge is 0.338 e. The van der Waals surface area contributed by atoms with E-state index < -0.39 is 16.9 Å². The van der Waals surface area contributed by atoms with Crippen LogP contribution < -0.4 is 19.6 Å². The van der Waals surface area contributed by atoms with Crippen molar-refractivity contribution in [1.82, 2.24) is 4.57 Å². The fraction of sp³-hybridized carbons (Fsp3) is 0.194. The highest BCUT2D eigenvalue weighted by molar-refractivity contribution is 7.07. The number of nitro groups is 1. The molecule has 0 spiro atoms. The van der Waals surface area contributed by atoms with Crippen molar-refractivity contribution >= 4 is 29.1 Å². The molecular formula is C31H27N3O6S. The number of nitrogens with zero attached hydrogens (tertiary/aromatic N) is 3. The van der Waals surface area contributed by atoms with Crippen molar-refractivity contribution in [3.63, 3.8) is 0 Å². The lowest BCUT2D eigenvalue weighted by molar-refractivity contribution is -0.384. The molecule has 0 bridgehead atoms. The Bertz CT molecular complexity index is 1840. The number of para-hydroxylation sites is 1. The van der Waals surface area contributed by atoms with Gasteiger partial charge in [-0.2, -0.15) is 0 Å². The highest BCUT2D eigenvalue weighted by atomic mass is 32.1. The maximum Gasteiger partial charge on any atom is 0.338 e. The lowest BCUT2D eigenvalue weighted by Gasteiger charge is -2.24. The van der Waals surface area contributed by atoms with E-state index in [-0.39, 0.29) is 24.5 Å². The number of aromatic nitrogens is 1. The fourth-order valence-corrected chi connectivity index (χ4v) is 5.64. The van der Waals surface area contributed by atoms with Crippen LogP contribution >= 0.6 is 11.3 Å². The van der Waals surface area contributed by atoms with Gasteiger partial charge in [0.15, 0.2) is 4.80 Å². The first-order chi connectivity index (χ1) is 19.8.